The summed E-state index contributed by atoms with van der Waals surface area (Å²) >= 11 is 0. The van der Waals surface area contributed by atoms with Crippen LogP contribution in [0.5, 0.6) is 0 Å². The maximum atomic E-state index is 13.5. The van der Waals surface area contributed by atoms with Gasteiger partial charge in [0.2, 0.25) is 0 Å². The van der Waals surface area contributed by atoms with E-state index in [0.29, 0.717) is 18.5 Å². The highest BCUT2D eigenvalue weighted by molar-refractivity contribution is 6.58. The summed E-state index contributed by atoms with van der Waals surface area (Å²) in [5, 5.41) is 18.3. The molecule has 19 heavy (non-hydrogen) atoms. The van der Waals surface area contributed by atoms with Gasteiger partial charge in [-0.25, -0.2) is 4.39 Å². The fraction of sp³-hybridized carbons (Fsp3) is 0.571. The minimum atomic E-state index is -1.63. The summed E-state index contributed by atoms with van der Waals surface area (Å²) in [6.07, 6.45) is 0. The van der Waals surface area contributed by atoms with Gasteiger partial charge >= 0.3 is 7.12 Å². The van der Waals surface area contributed by atoms with Gasteiger partial charge in [0.05, 0.1) is 0 Å². The Hall–Kier alpha value is -0.905. The highest BCUT2D eigenvalue weighted by Gasteiger charge is 2.16. The zero-order valence-corrected chi connectivity index (χ0v) is 12.1. The molecule has 0 saturated heterocycles. The molecule has 0 heterocycles. The second-order valence-electron chi connectivity index (χ2n) is 5.68. The van der Waals surface area contributed by atoms with Crippen LogP contribution in [0.15, 0.2) is 18.2 Å². The van der Waals surface area contributed by atoms with Crippen molar-refractivity contribution in [1.82, 2.24) is 4.90 Å². The molecule has 5 heteroatoms. The Balaban J connectivity index is 2.89. The molecule has 0 amide bonds. The van der Waals surface area contributed by atoms with Gasteiger partial charge in [-0.15, -0.1) is 0 Å². The van der Waals surface area contributed by atoms with Crippen LogP contribution in [-0.4, -0.2) is 34.7 Å². The van der Waals surface area contributed by atoms with Crippen molar-refractivity contribution in [3.05, 3.63) is 29.6 Å². The first-order chi connectivity index (χ1) is 8.79. The third-order valence-corrected chi connectivity index (χ3v) is 2.99. The lowest BCUT2D eigenvalue weighted by Gasteiger charge is -2.28. The van der Waals surface area contributed by atoms with Crippen LogP contribution in [0.3, 0.4) is 0 Å². The second-order valence-corrected chi connectivity index (χ2v) is 5.68. The summed E-state index contributed by atoms with van der Waals surface area (Å²) in [4.78, 5) is 2.24. The van der Waals surface area contributed by atoms with Crippen molar-refractivity contribution in [1.29, 1.82) is 0 Å². The Kier molecular flexibility index (Phi) is 5.98. The molecule has 0 aliphatic heterocycles. The summed E-state index contributed by atoms with van der Waals surface area (Å²) in [7, 11) is -1.63. The van der Waals surface area contributed by atoms with E-state index in [1.807, 2.05) is 0 Å². The van der Waals surface area contributed by atoms with Crippen molar-refractivity contribution < 1.29 is 14.4 Å². The zero-order chi connectivity index (χ0) is 14.6. The van der Waals surface area contributed by atoms with Gasteiger partial charge in [0.15, 0.2) is 0 Å². The highest BCUT2D eigenvalue weighted by atomic mass is 19.1. The smallest absolute Gasteiger partial charge is 0.423 e. The lowest BCUT2D eigenvalue weighted by Crippen LogP contribution is -2.35. The van der Waals surface area contributed by atoms with Crippen LogP contribution >= 0.6 is 0 Å². The Morgan fingerprint density at radius 3 is 2.26 bits per heavy atom. The number of benzene rings is 1. The molecule has 0 atom stereocenters. The summed E-state index contributed by atoms with van der Waals surface area (Å²) in [6.45, 7) is 10.0. The maximum Gasteiger partial charge on any atom is 0.488 e. The predicted molar refractivity (Wildman–Crippen MR) is 76.6 cm³/mol. The van der Waals surface area contributed by atoms with E-state index in [-0.39, 0.29) is 5.46 Å². The first kappa shape index (κ1) is 16.2. The number of hydrogen-bond donors (Lipinski definition) is 2. The molecule has 0 fully saturated rings. The molecular formula is C14H23BFNO2. The van der Waals surface area contributed by atoms with Crippen LogP contribution in [0.1, 0.15) is 33.3 Å². The standard InChI is InChI=1S/C14H23BFNO2/c1-10(2)8-17(11(3)4)9-12-5-13(15(18)19)7-14(16)6-12/h5-7,10-11,18-19H,8-9H2,1-4H3. The van der Waals surface area contributed by atoms with E-state index in [1.165, 1.54) is 6.07 Å². The van der Waals surface area contributed by atoms with Crippen LogP contribution in [0.2, 0.25) is 0 Å². The Morgan fingerprint density at radius 2 is 1.79 bits per heavy atom. The molecule has 1 rings (SSSR count). The summed E-state index contributed by atoms with van der Waals surface area (Å²) in [6, 6.07) is 4.59. The summed E-state index contributed by atoms with van der Waals surface area (Å²) in [5.74, 6) is 0.0905. The molecule has 0 spiro atoms. The Bertz CT molecular complexity index is 410. The molecule has 0 aliphatic carbocycles. The van der Waals surface area contributed by atoms with E-state index in [4.69, 9.17) is 10.0 Å². The normalized spacial score (nSPS) is 11.7. The largest absolute Gasteiger partial charge is 0.488 e. The van der Waals surface area contributed by atoms with Gasteiger partial charge in [0.25, 0.3) is 0 Å². The monoisotopic (exact) mass is 267 g/mol. The first-order valence-electron chi connectivity index (χ1n) is 6.69. The van der Waals surface area contributed by atoms with Crippen LogP contribution in [0.4, 0.5) is 4.39 Å². The summed E-state index contributed by atoms with van der Waals surface area (Å²) in [5.41, 5.74) is 0.959. The average Bonchev–Trinajstić information content (AvgIpc) is 2.26. The first-order valence-corrected chi connectivity index (χ1v) is 6.69. The van der Waals surface area contributed by atoms with E-state index in [9.17, 15) is 4.39 Å². The second kappa shape index (κ2) is 7.03. The Morgan fingerprint density at radius 1 is 1.16 bits per heavy atom. The van der Waals surface area contributed by atoms with E-state index in [0.717, 1.165) is 18.2 Å². The zero-order valence-electron chi connectivity index (χ0n) is 12.1. The molecule has 0 saturated carbocycles. The quantitative estimate of drug-likeness (QED) is 0.765. The topological polar surface area (TPSA) is 43.7 Å². The SMILES string of the molecule is CC(C)CN(Cc1cc(F)cc(B(O)O)c1)C(C)C. The minimum Gasteiger partial charge on any atom is -0.423 e. The van der Waals surface area contributed by atoms with Crippen molar-refractivity contribution in [2.24, 2.45) is 5.92 Å². The Labute approximate surface area is 115 Å². The van der Waals surface area contributed by atoms with Gasteiger partial charge in [-0.2, -0.15) is 0 Å². The molecule has 1 aromatic rings. The van der Waals surface area contributed by atoms with E-state index >= 15 is 0 Å². The van der Waals surface area contributed by atoms with Crippen LogP contribution in [0, 0.1) is 11.7 Å². The molecule has 3 nitrogen and oxygen atoms in total. The number of rotatable bonds is 6. The molecule has 0 unspecified atom stereocenters. The lowest BCUT2D eigenvalue weighted by atomic mass is 9.79. The van der Waals surface area contributed by atoms with E-state index in [1.54, 1.807) is 6.07 Å². The van der Waals surface area contributed by atoms with Crippen LogP contribution < -0.4 is 5.46 Å². The number of halogens is 1. The van der Waals surface area contributed by atoms with Gasteiger partial charge in [-0.05, 0) is 42.9 Å². The van der Waals surface area contributed by atoms with Gasteiger partial charge in [-0.1, -0.05) is 19.9 Å². The van der Waals surface area contributed by atoms with Crippen molar-refractivity contribution in [3.8, 4) is 0 Å². The maximum absolute atomic E-state index is 13.5. The van der Waals surface area contributed by atoms with Crippen molar-refractivity contribution in [2.75, 3.05) is 6.54 Å². The lowest BCUT2D eigenvalue weighted by molar-refractivity contribution is 0.189. The van der Waals surface area contributed by atoms with Crippen LogP contribution in [-0.2, 0) is 6.54 Å². The van der Waals surface area contributed by atoms with Gasteiger partial charge in [0, 0.05) is 19.1 Å². The average molecular weight is 267 g/mol. The van der Waals surface area contributed by atoms with Crippen molar-refractivity contribution >= 4 is 12.6 Å². The molecule has 1 aromatic carbocycles. The summed E-state index contributed by atoms with van der Waals surface area (Å²) < 4.78 is 13.5. The molecule has 0 aliphatic rings. The van der Waals surface area contributed by atoms with Gasteiger partial charge in [0.1, 0.15) is 5.82 Å². The third kappa shape index (κ3) is 5.31. The molecular weight excluding hydrogens is 244 g/mol. The minimum absolute atomic E-state index is 0.197. The van der Waals surface area contributed by atoms with Crippen molar-refractivity contribution in [2.45, 2.75) is 40.3 Å². The fourth-order valence-corrected chi connectivity index (χ4v) is 2.08. The fourth-order valence-electron chi connectivity index (χ4n) is 2.08. The third-order valence-electron chi connectivity index (χ3n) is 2.99. The van der Waals surface area contributed by atoms with Crippen molar-refractivity contribution in [3.63, 3.8) is 0 Å². The number of hydrogen-bond acceptors (Lipinski definition) is 3. The van der Waals surface area contributed by atoms with E-state index < -0.39 is 12.9 Å². The number of nitrogens with zero attached hydrogens (tertiary/aromatic N) is 1. The molecule has 0 aromatic heterocycles. The van der Waals surface area contributed by atoms with E-state index in [2.05, 4.69) is 32.6 Å². The predicted octanol–water partition coefficient (Wildman–Crippen LogP) is 1.37. The van der Waals surface area contributed by atoms with Gasteiger partial charge < -0.3 is 10.0 Å². The molecule has 0 bridgehead atoms. The van der Waals surface area contributed by atoms with Crippen LogP contribution in [0.25, 0.3) is 0 Å². The molecule has 0 radical (unpaired) electrons. The highest BCUT2D eigenvalue weighted by Crippen LogP contribution is 2.11. The molecule has 2 N–H and O–H groups in total. The van der Waals surface area contributed by atoms with Gasteiger partial charge in [-0.3, -0.25) is 4.90 Å². The molecule has 106 valence electrons.